The molecule has 0 unspecified atom stereocenters. The predicted molar refractivity (Wildman–Crippen MR) is 92.1 cm³/mol. The van der Waals surface area contributed by atoms with Gasteiger partial charge in [0.25, 0.3) is 10.0 Å². The van der Waals surface area contributed by atoms with E-state index in [1.54, 1.807) is 18.2 Å². The maximum atomic E-state index is 12.9. The Labute approximate surface area is 137 Å². The Kier molecular flexibility index (Phi) is 4.68. The molecule has 1 aliphatic heterocycles. The Morgan fingerprint density at radius 1 is 1.09 bits per heavy atom. The van der Waals surface area contributed by atoms with Gasteiger partial charge in [0.05, 0.1) is 10.6 Å². The fraction of sp³-hybridized carbons (Fsp3) is 0.250. The second kappa shape index (κ2) is 6.18. The molecular weight excluding hydrogens is 320 g/mol. The first-order valence-electron chi connectivity index (χ1n) is 6.97. The summed E-state index contributed by atoms with van der Waals surface area (Å²) in [7, 11) is -3.53. The lowest BCUT2D eigenvalue weighted by Gasteiger charge is -2.31. The lowest BCUT2D eigenvalue weighted by atomic mass is 10.0. The van der Waals surface area contributed by atoms with Crippen LogP contribution in [0.4, 0.5) is 11.4 Å². The average molecular weight is 339 g/mol. The minimum atomic E-state index is -3.53. The van der Waals surface area contributed by atoms with E-state index < -0.39 is 10.0 Å². The smallest absolute Gasteiger partial charge is 0.264 e. The molecule has 1 heterocycles. The van der Waals surface area contributed by atoms with Gasteiger partial charge in [0, 0.05) is 12.2 Å². The van der Waals surface area contributed by atoms with Crippen molar-refractivity contribution in [1.82, 2.24) is 0 Å². The number of sulfonamides is 1. The number of hydrogen-bond donors (Lipinski definition) is 1. The molecule has 0 bridgehead atoms. The molecule has 2 N–H and O–H groups in total. The Balaban J connectivity index is 0.00000176. The van der Waals surface area contributed by atoms with Crippen LogP contribution in [0.15, 0.2) is 47.4 Å². The third kappa shape index (κ3) is 2.78. The molecule has 4 nitrogen and oxygen atoms in total. The number of fused-ring (bicyclic) bond motifs is 1. The van der Waals surface area contributed by atoms with Gasteiger partial charge in [-0.2, -0.15) is 0 Å². The molecule has 3 rings (SSSR count). The van der Waals surface area contributed by atoms with Crippen molar-refractivity contribution >= 4 is 33.8 Å². The predicted octanol–water partition coefficient (Wildman–Crippen LogP) is 3.14. The van der Waals surface area contributed by atoms with Crippen molar-refractivity contribution in [2.75, 3.05) is 16.6 Å². The Morgan fingerprint density at radius 3 is 2.45 bits per heavy atom. The highest BCUT2D eigenvalue weighted by molar-refractivity contribution is 7.92. The van der Waals surface area contributed by atoms with E-state index in [9.17, 15) is 8.42 Å². The minimum Gasteiger partial charge on any atom is -0.398 e. The van der Waals surface area contributed by atoms with Crippen LogP contribution in [-0.2, 0) is 16.4 Å². The van der Waals surface area contributed by atoms with E-state index in [-0.39, 0.29) is 12.4 Å². The first kappa shape index (κ1) is 16.6. The molecule has 0 spiro atoms. The minimum absolute atomic E-state index is 0. The third-order valence-electron chi connectivity index (χ3n) is 3.85. The number of anilines is 2. The molecule has 0 radical (unpaired) electrons. The van der Waals surface area contributed by atoms with E-state index in [2.05, 4.69) is 0 Å². The summed E-state index contributed by atoms with van der Waals surface area (Å²) in [5.41, 5.74) is 9.33. The molecule has 0 saturated carbocycles. The van der Waals surface area contributed by atoms with Crippen molar-refractivity contribution in [2.45, 2.75) is 24.7 Å². The van der Waals surface area contributed by atoms with Crippen LogP contribution in [0.3, 0.4) is 0 Å². The molecule has 0 aliphatic carbocycles. The van der Waals surface area contributed by atoms with Crippen LogP contribution < -0.4 is 10.0 Å². The number of nitrogen functional groups attached to an aromatic ring is 1. The average Bonchev–Trinajstić information content (AvgIpc) is 2.47. The molecule has 22 heavy (non-hydrogen) atoms. The van der Waals surface area contributed by atoms with Crippen molar-refractivity contribution in [3.05, 3.63) is 53.6 Å². The second-order valence-corrected chi connectivity index (χ2v) is 7.20. The standard InChI is InChI=1S/C16H18N2O2S.ClH/c1-12-7-9-13(10-8-12)21(19,20)18-11-3-4-14-15(17)5-2-6-16(14)18;/h2,5-10H,3-4,11,17H2,1H3;1H. The molecule has 0 fully saturated rings. The second-order valence-electron chi connectivity index (χ2n) is 5.34. The molecule has 0 aromatic heterocycles. The zero-order valence-electron chi connectivity index (χ0n) is 12.3. The van der Waals surface area contributed by atoms with Crippen molar-refractivity contribution in [2.24, 2.45) is 0 Å². The van der Waals surface area contributed by atoms with E-state index >= 15 is 0 Å². The quantitative estimate of drug-likeness (QED) is 0.855. The van der Waals surface area contributed by atoms with Crippen LogP contribution in [0, 0.1) is 6.92 Å². The summed E-state index contributed by atoms with van der Waals surface area (Å²) in [6, 6.07) is 12.4. The number of nitrogens with zero attached hydrogens (tertiary/aromatic N) is 1. The lowest BCUT2D eigenvalue weighted by Crippen LogP contribution is -2.35. The van der Waals surface area contributed by atoms with Gasteiger partial charge in [-0.15, -0.1) is 12.4 Å². The van der Waals surface area contributed by atoms with Gasteiger partial charge in [-0.3, -0.25) is 4.31 Å². The molecular formula is C16H19ClN2O2S. The maximum Gasteiger partial charge on any atom is 0.264 e. The van der Waals surface area contributed by atoms with E-state index in [1.807, 2.05) is 31.2 Å². The van der Waals surface area contributed by atoms with Gasteiger partial charge in [0.2, 0.25) is 0 Å². The summed E-state index contributed by atoms with van der Waals surface area (Å²) in [4.78, 5) is 0.323. The monoisotopic (exact) mass is 338 g/mol. The summed E-state index contributed by atoms with van der Waals surface area (Å²) >= 11 is 0. The van der Waals surface area contributed by atoms with Crippen molar-refractivity contribution in [3.8, 4) is 0 Å². The number of hydrogen-bond acceptors (Lipinski definition) is 3. The number of benzene rings is 2. The van der Waals surface area contributed by atoms with E-state index in [0.29, 0.717) is 22.8 Å². The van der Waals surface area contributed by atoms with E-state index in [4.69, 9.17) is 5.73 Å². The molecule has 6 heteroatoms. The summed E-state index contributed by atoms with van der Waals surface area (Å²) in [5, 5.41) is 0. The summed E-state index contributed by atoms with van der Waals surface area (Å²) in [6.07, 6.45) is 1.61. The zero-order chi connectivity index (χ0) is 15.0. The first-order chi connectivity index (χ1) is 10.00. The summed E-state index contributed by atoms with van der Waals surface area (Å²) in [6.45, 7) is 2.43. The van der Waals surface area contributed by atoms with Crippen molar-refractivity contribution in [1.29, 1.82) is 0 Å². The van der Waals surface area contributed by atoms with Gasteiger partial charge < -0.3 is 5.73 Å². The molecule has 1 aliphatic rings. The van der Waals surface area contributed by atoms with Crippen LogP contribution in [0.25, 0.3) is 0 Å². The fourth-order valence-corrected chi connectivity index (χ4v) is 4.24. The van der Waals surface area contributed by atoms with Gasteiger partial charge >= 0.3 is 0 Å². The van der Waals surface area contributed by atoms with E-state index in [1.165, 1.54) is 4.31 Å². The third-order valence-corrected chi connectivity index (χ3v) is 5.68. The van der Waals surface area contributed by atoms with Gasteiger partial charge in [-0.25, -0.2) is 8.42 Å². The topological polar surface area (TPSA) is 63.4 Å². The maximum absolute atomic E-state index is 12.9. The van der Waals surface area contributed by atoms with Crippen LogP contribution in [0.2, 0.25) is 0 Å². The summed E-state index contributed by atoms with van der Waals surface area (Å²) < 4.78 is 27.2. The Hall–Kier alpha value is -1.72. The normalized spacial score (nSPS) is 14.1. The van der Waals surface area contributed by atoms with Crippen LogP contribution in [0.1, 0.15) is 17.5 Å². The Morgan fingerprint density at radius 2 is 1.77 bits per heavy atom. The highest BCUT2D eigenvalue weighted by atomic mass is 35.5. The SMILES string of the molecule is Cc1ccc(S(=O)(=O)N2CCCc3c(N)cccc32)cc1.Cl. The number of halogens is 1. The number of rotatable bonds is 2. The van der Waals surface area contributed by atoms with Gasteiger partial charge in [-0.1, -0.05) is 23.8 Å². The largest absolute Gasteiger partial charge is 0.398 e. The number of aryl methyl sites for hydroxylation is 1. The fourth-order valence-electron chi connectivity index (χ4n) is 2.71. The lowest BCUT2D eigenvalue weighted by molar-refractivity contribution is 0.586. The van der Waals surface area contributed by atoms with Crippen LogP contribution in [0.5, 0.6) is 0 Å². The van der Waals surface area contributed by atoms with Crippen LogP contribution in [-0.4, -0.2) is 15.0 Å². The molecule has 0 amide bonds. The number of nitrogens with two attached hydrogens (primary N) is 1. The van der Waals surface area contributed by atoms with Gasteiger partial charge in [0.15, 0.2) is 0 Å². The molecule has 2 aromatic carbocycles. The van der Waals surface area contributed by atoms with Gasteiger partial charge in [-0.05, 0) is 49.6 Å². The van der Waals surface area contributed by atoms with Crippen molar-refractivity contribution in [3.63, 3.8) is 0 Å². The molecule has 0 atom stereocenters. The summed E-state index contributed by atoms with van der Waals surface area (Å²) in [5.74, 6) is 0. The Bertz CT molecular complexity index is 773. The first-order valence-corrected chi connectivity index (χ1v) is 8.41. The van der Waals surface area contributed by atoms with Crippen LogP contribution >= 0.6 is 12.4 Å². The van der Waals surface area contributed by atoms with Gasteiger partial charge in [0.1, 0.15) is 0 Å². The molecule has 0 saturated heterocycles. The highest BCUT2D eigenvalue weighted by Gasteiger charge is 2.29. The molecule has 118 valence electrons. The van der Waals surface area contributed by atoms with Crippen molar-refractivity contribution < 1.29 is 8.42 Å². The highest BCUT2D eigenvalue weighted by Crippen LogP contribution is 2.34. The molecule has 2 aromatic rings. The van der Waals surface area contributed by atoms with E-state index in [0.717, 1.165) is 24.0 Å². The zero-order valence-corrected chi connectivity index (χ0v) is 14.0.